The van der Waals surface area contributed by atoms with Crippen LogP contribution in [-0.4, -0.2) is 21.0 Å². The predicted molar refractivity (Wildman–Crippen MR) is 91.9 cm³/mol. The summed E-state index contributed by atoms with van der Waals surface area (Å²) in [5.74, 6) is -1.03. The third-order valence-corrected chi connectivity index (χ3v) is 4.85. The lowest BCUT2D eigenvalue weighted by molar-refractivity contribution is 0.156. The lowest BCUT2D eigenvalue weighted by Crippen LogP contribution is -2.37. The van der Waals surface area contributed by atoms with E-state index in [0.717, 1.165) is 25.6 Å². The van der Waals surface area contributed by atoms with Gasteiger partial charge in [-0.15, -0.1) is 0 Å². The molecule has 2 aromatic carbocycles. The van der Waals surface area contributed by atoms with E-state index in [4.69, 9.17) is 0 Å². The molecular formula is C20H19F2N3. The van der Waals surface area contributed by atoms with Crippen molar-refractivity contribution in [2.45, 2.75) is 25.6 Å². The second-order valence-electron chi connectivity index (χ2n) is 6.43. The Bertz CT molecular complexity index is 861. The van der Waals surface area contributed by atoms with Crippen LogP contribution in [0.1, 0.15) is 22.7 Å². The number of rotatable bonds is 4. The lowest BCUT2D eigenvalue weighted by atomic mass is 9.92. The van der Waals surface area contributed by atoms with E-state index in [-0.39, 0.29) is 6.04 Å². The Labute approximate surface area is 145 Å². The average molecular weight is 339 g/mol. The van der Waals surface area contributed by atoms with Crippen LogP contribution in [0.3, 0.4) is 0 Å². The molecule has 0 saturated carbocycles. The highest BCUT2D eigenvalue weighted by Gasteiger charge is 2.28. The maximum absolute atomic E-state index is 14.1. The molecule has 1 atom stereocenters. The average Bonchev–Trinajstić information content (AvgIpc) is 3.12. The number of halogens is 2. The number of nitrogens with zero attached hydrogens (tertiary/aromatic N) is 3. The largest absolute Gasteiger partial charge is 0.336 e. The van der Waals surface area contributed by atoms with Crippen LogP contribution in [0.4, 0.5) is 8.78 Å². The highest BCUT2D eigenvalue weighted by Crippen LogP contribution is 2.32. The van der Waals surface area contributed by atoms with Gasteiger partial charge in [-0.25, -0.2) is 13.8 Å². The van der Waals surface area contributed by atoms with Crippen LogP contribution in [0.25, 0.3) is 0 Å². The van der Waals surface area contributed by atoms with E-state index in [0.29, 0.717) is 12.1 Å². The summed E-state index contributed by atoms with van der Waals surface area (Å²) < 4.78 is 29.4. The molecule has 3 aromatic rings. The summed E-state index contributed by atoms with van der Waals surface area (Å²) >= 11 is 0. The van der Waals surface area contributed by atoms with Crippen LogP contribution in [-0.2, 0) is 19.5 Å². The van der Waals surface area contributed by atoms with Gasteiger partial charge in [0.25, 0.3) is 0 Å². The maximum atomic E-state index is 14.1. The first-order chi connectivity index (χ1) is 12.2. The molecule has 1 unspecified atom stereocenters. The highest BCUT2D eigenvalue weighted by atomic mass is 19.1. The second-order valence-corrected chi connectivity index (χ2v) is 6.43. The zero-order chi connectivity index (χ0) is 17.2. The topological polar surface area (TPSA) is 21.1 Å². The Balaban J connectivity index is 1.65. The van der Waals surface area contributed by atoms with Crippen molar-refractivity contribution in [2.24, 2.45) is 0 Å². The van der Waals surface area contributed by atoms with Gasteiger partial charge in [-0.2, -0.15) is 0 Å². The van der Waals surface area contributed by atoms with Crippen molar-refractivity contribution in [2.75, 3.05) is 6.54 Å². The minimum Gasteiger partial charge on any atom is -0.336 e. The molecule has 1 aliphatic heterocycles. The van der Waals surface area contributed by atoms with E-state index in [1.54, 1.807) is 18.6 Å². The first-order valence-corrected chi connectivity index (χ1v) is 8.42. The van der Waals surface area contributed by atoms with Crippen LogP contribution in [0.15, 0.2) is 61.2 Å². The van der Waals surface area contributed by atoms with Gasteiger partial charge in [0.1, 0.15) is 11.6 Å². The van der Waals surface area contributed by atoms with Crippen LogP contribution in [0, 0.1) is 11.6 Å². The van der Waals surface area contributed by atoms with Crippen molar-refractivity contribution in [1.82, 2.24) is 14.5 Å². The van der Waals surface area contributed by atoms with Crippen molar-refractivity contribution in [1.29, 1.82) is 0 Å². The predicted octanol–water partition coefficient (Wildman–Crippen LogP) is 3.96. The van der Waals surface area contributed by atoms with Gasteiger partial charge in [0, 0.05) is 43.7 Å². The minimum absolute atomic E-state index is 0.128. The SMILES string of the molecule is Fc1ccc(CN2CCc3ccccc3C2Cn2ccnc2)c(F)c1. The first kappa shape index (κ1) is 16.0. The van der Waals surface area contributed by atoms with Crippen LogP contribution < -0.4 is 0 Å². The fourth-order valence-corrected chi connectivity index (χ4v) is 3.57. The third-order valence-electron chi connectivity index (χ3n) is 4.85. The molecule has 128 valence electrons. The Morgan fingerprint density at radius 1 is 1.12 bits per heavy atom. The zero-order valence-corrected chi connectivity index (χ0v) is 13.8. The summed E-state index contributed by atoms with van der Waals surface area (Å²) in [5, 5.41) is 0. The Hall–Kier alpha value is -2.53. The molecule has 0 saturated heterocycles. The number of benzene rings is 2. The van der Waals surface area contributed by atoms with E-state index in [2.05, 4.69) is 28.1 Å². The summed E-state index contributed by atoms with van der Waals surface area (Å²) in [6.45, 7) is 2.05. The molecule has 0 fully saturated rings. The van der Waals surface area contributed by atoms with Crippen molar-refractivity contribution in [3.8, 4) is 0 Å². The van der Waals surface area contributed by atoms with Gasteiger partial charge in [-0.05, 0) is 23.6 Å². The van der Waals surface area contributed by atoms with Gasteiger partial charge in [-0.1, -0.05) is 30.3 Å². The van der Waals surface area contributed by atoms with Crippen molar-refractivity contribution < 1.29 is 8.78 Å². The lowest BCUT2D eigenvalue weighted by Gasteiger charge is -2.37. The van der Waals surface area contributed by atoms with E-state index >= 15 is 0 Å². The molecule has 25 heavy (non-hydrogen) atoms. The maximum Gasteiger partial charge on any atom is 0.130 e. The number of aromatic nitrogens is 2. The quantitative estimate of drug-likeness (QED) is 0.717. The van der Waals surface area contributed by atoms with Crippen molar-refractivity contribution in [3.63, 3.8) is 0 Å². The molecule has 0 aliphatic carbocycles. The van der Waals surface area contributed by atoms with E-state index in [1.807, 2.05) is 16.8 Å². The Morgan fingerprint density at radius 3 is 2.80 bits per heavy atom. The Morgan fingerprint density at radius 2 is 2.00 bits per heavy atom. The molecule has 0 N–H and O–H groups in total. The molecule has 4 rings (SSSR count). The molecule has 3 nitrogen and oxygen atoms in total. The van der Waals surface area contributed by atoms with Crippen molar-refractivity contribution >= 4 is 0 Å². The number of imidazole rings is 1. The van der Waals surface area contributed by atoms with E-state index < -0.39 is 11.6 Å². The smallest absolute Gasteiger partial charge is 0.130 e. The molecule has 2 heterocycles. The van der Waals surface area contributed by atoms with E-state index in [9.17, 15) is 8.78 Å². The fourth-order valence-electron chi connectivity index (χ4n) is 3.57. The highest BCUT2D eigenvalue weighted by molar-refractivity contribution is 5.33. The monoisotopic (exact) mass is 339 g/mol. The summed E-state index contributed by atoms with van der Waals surface area (Å²) in [4.78, 5) is 6.38. The van der Waals surface area contributed by atoms with Crippen LogP contribution >= 0.6 is 0 Å². The number of hydrogen-bond donors (Lipinski definition) is 0. The van der Waals surface area contributed by atoms with Gasteiger partial charge < -0.3 is 4.57 Å². The fraction of sp³-hybridized carbons (Fsp3) is 0.250. The van der Waals surface area contributed by atoms with Crippen LogP contribution in [0.5, 0.6) is 0 Å². The summed E-state index contributed by atoms with van der Waals surface area (Å²) in [6, 6.07) is 12.3. The normalized spacial score (nSPS) is 17.4. The summed E-state index contributed by atoms with van der Waals surface area (Å²) in [6.07, 6.45) is 6.43. The molecule has 0 spiro atoms. The van der Waals surface area contributed by atoms with Gasteiger partial charge in [0.15, 0.2) is 0 Å². The van der Waals surface area contributed by atoms with Gasteiger partial charge in [0.05, 0.1) is 12.4 Å². The molecular weight excluding hydrogens is 320 g/mol. The van der Waals surface area contributed by atoms with Crippen LogP contribution in [0.2, 0.25) is 0 Å². The third kappa shape index (κ3) is 3.33. The van der Waals surface area contributed by atoms with Gasteiger partial charge in [0.2, 0.25) is 0 Å². The minimum atomic E-state index is -0.541. The van der Waals surface area contributed by atoms with Crippen molar-refractivity contribution in [3.05, 3.63) is 89.5 Å². The standard InChI is InChI=1S/C20H19F2N3/c21-17-6-5-16(19(22)11-17)12-25-9-7-15-3-1-2-4-18(15)20(25)13-24-10-8-23-14-24/h1-6,8,10-11,14,20H,7,9,12-13H2. The molecule has 1 aromatic heterocycles. The van der Waals surface area contributed by atoms with Gasteiger partial charge in [-0.3, -0.25) is 4.90 Å². The molecule has 0 amide bonds. The van der Waals surface area contributed by atoms with Gasteiger partial charge >= 0.3 is 0 Å². The zero-order valence-electron chi connectivity index (χ0n) is 13.8. The molecule has 0 bridgehead atoms. The van der Waals surface area contributed by atoms with E-state index in [1.165, 1.54) is 17.2 Å². The number of hydrogen-bond acceptors (Lipinski definition) is 2. The summed E-state index contributed by atoms with van der Waals surface area (Å²) in [7, 11) is 0. The molecule has 0 radical (unpaired) electrons. The molecule has 5 heteroatoms. The first-order valence-electron chi connectivity index (χ1n) is 8.42. The number of fused-ring (bicyclic) bond motifs is 1. The molecule has 1 aliphatic rings. The Kier molecular flexibility index (Phi) is 4.32. The summed E-state index contributed by atoms with van der Waals surface area (Å²) in [5.41, 5.74) is 3.13. The second kappa shape index (κ2) is 6.76.